The quantitative estimate of drug-likeness (QED) is 0.126. The molecule has 5 aromatic heterocycles. The lowest BCUT2D eigenvalue weighted by atomic mass is 10.0. The molecule has 0 saturated heterocycles. The summed E-state index contributed by atoms with van der Waals surface area (Å²) < 4.78 is 0. The summed E-state index contributed by atoms with van der Waals surface area (Å²) in [5.74, 6) is 0. The van der Waals surface area contributed by atoms with Gasteiger partial charge in [-0.1, -0.05) is 121 Å². The minimum Gasteiger partial charge on any atom is -0.378 e. The molecule has 0 spiro atoms. The zero-order valence-corrected chi connectivity index (χ0v) is 40.9. The van der Waals surface area contributed by atoms with Crippen molar-refractivity contribution < 1.29 is 0 Å². The summed E-state index contributed by atoms with van der Waals surface area (Å²) in [4.78, 5) is 32.6. The van der Waals surface area contributed by atoms with Crippen LogP contribution in [0.2, 0.25) is 0 Å². The zero-order valence-electron chi connectivity index (χ0n) is 40.9. The number of nitrogens with one attached hydrogen (secondary N) is 2. The van der Waals surface area contributed by atoms with Gasteiger partial charge < -0.3 is 19.8 Å². The first-order chi connectivity index (χ1) is 36.5. The summed E-state index contributed by atoms with van der Waals surface area (Å²) in [6, 6.07) is 67.4. The van der Waals surface area contributed by atoms with Crippen LogP contribution in [0.4, 0.5) is 22.7 Å². The van der Waals surface area contributed by atoms with E-state index in [4.69, 9.17) is 19.9 Å². The lowest BCUT2D eigenvalue weighted by molar-refractivity contribution is 1.13. The van der Waals surface area contributed by atoms with Crippen molar-refractivity contribution in [2.45, 2.75) is 0 Å². The van der Waals surface area contributed by atoms with E-state index in [9.17, 15) is 0 Å². The Morgan fingerprint density at radius 3 is 1.27 bits per heavy atom. The number of hydrogen-bond acceptors (Lipinski definition) is 6. The van der Waals surface area contributed by atoms with Crippen molar-refractivity contribution in [1.29, 1.82) is 0 Å². The topological polar surface area (TPSA) is 89.6 Å². The number of fused-ring (bicyclic) bond motifs is 8. The van der Waals surface area contributed by atoms with Gasteiger partial charge >= 0.3 is 0 Å². The van der Waals surface area contributed by atoms with Crippen molar-refractivity contribution in [3.63, 3.8) is 0 Å². The van der Waals surface area contributed by atoms with Crippen LogP contribution in [0.5, 0.6) is 0 Å². The van der Waals surface area contributed by atoms with Gasteiger partial charge in [0.05, 0.1) is 45.2 Å². The number of anilines is 4. The van der Waals surface area contributed by atoms with Gasteiger partial charge in [-0.05, 0) is 144 Å². The Labute approximate surface area is 430 Å². The molecule has 10 aromatic rings. The van der Waals surface area contributed by atoms with Gasteiger partial charge in [0, 0.05) is 82.5 Å². The Bertz CT molecular complexity index is 3850. The Hall–Kier alpha value is -9.92. The maximum absolute atomic E-state index is 5.45. The number of aromatic amines is 2. The minimum atomic E-state index is 0.803. The van der Waals surface area contributed by atoms with E-state index in [0.29, 0.717) is 0 Å². The maximum Gasteiger partial charge on any atom is 0.0753 e. The zero-order chi connectivity index (χ0) is 49.8. The van der Waals surface area contributed by atoms with Crippen LogP contribution in [-0.4, -0.2) is 44.0 Å². The fourth-order valence-electron chi connectivity index (χ4n) is 9.62. The van der Waals surface area contributed by atoms with Gasteiger partial charge in [0.1, 0.15) is 0 Å². The van der Waals surface area contributed by atoms with Crippen LogP contribution in [-0.2, 0) is 0 Å². The number of pyridine rings is 2. The molecule has 0 fully saturated rings. The molecule has 0 amide bonds. The van der Waals surface area contributed by atoms with Crippen molar-refractivity contribution in [3.8, 4) is 33.6 Å². The molecule has 2 aliphatic rings. The summed E-state index contributed by atoms with van der Waals surface area (Å²) in [5.41, 5.74) is 20.9. The standard InChI is InChI=1S/C66H50N8/c1-73(2)49-30-23-47(24-31-49)27-34-53-54-35-37-60(69-54)65(56-17-9-11-43-67-56)62-41-39-58(71-62)64(59-40-42-63(72-59)66(57-18-10-12-44-68-57)61-38-36-55(53)70-61)48-28-21-45(22-29-48)19-20-46-25-32-52(33-26-46)74(50-13-5-3-6-14-50)51-15-7-4-8-16-51/h3-44,69,72H,1-2H3/b20-19+,34-27+,54-53?,55-53?,64-58?,64-59?,65-60?,65-62?,66-61?,66-63?. The van der Waals surface area contributed by atoms with E-state index in [1.165, 1.54) is 0 Å². The SMILES string of the molecule is CN(C)c1ccc(/C=C/c2c3nc(c(-c4ccccn4)c4ccc([nH]4)c(-c4ccc(/C=C/c5ccc(N(c6ccccc6)c6ccccc6)cc5)cc4)c4nc(c(-c5ccccn5)c5ccc2[nH]5)C=C4)C=C3)cc1. The van der Waals surface area contributed by atoms with Crippen LogP contribution in [0.1, 0.15) is 45.0 Å². The fraction of sp³-hybridized carbons (Fsp3) is 0.0303. The highest BCUT2D eigenvalue weighted by Gasteiger charge is 2.19. The fourth-order valence-corrected chi connectivity index (χ4v) is 9.62. The predicted octanol–water partition coefficient (Wildman–Crippen LogP) is 16.3. The summed E-state index contributed by atoms with van der Waals surface area (Å²) in [6.07, 6.45) is 20.7. The van der Waals surface area contributed by atoms with E-state index in [1.807, 2.05) is 60.9 Å². The van der Waals surface area contributed by atoms with Crippen LogP contribution in [0.25, 0.3) is 104 Å². The van der Waals surface area contributed by atoms with Gasteiger partial charge in [-0.2, -0.15) is 0 Å². The molecule has 0 aliphatic carbocycles. The van der Waals surface area contributed by atoms with Gasteiger partial charge in [0.25, 0.3) is 0 Å². The molecule has 2 N–H and O–H groups in total. The molecule has 0 radical (unpaired) electrons. The Morgan fingerprint density at radius 2 is 0.757 bits per heavy atom. The Kier molecular flexibility index (Phi) is 12.3. The van der Waals surface area contributed by atoms with E-state index in [0.717, 1.165) is 123 Å². The number of benzene rings is 5. The molecular weight excluding hydrogens is 905 g/mol. The average Bonchev–Trinajstić information content (AvgIpc) is 4.31. The second kappa shape index (κ2) is 20.1. The highest BCUT2D eigenvalue weighted by atomic mass is 15.1. The Balaban J connectivity index is 0.986. The van der Waals surface area contributed by atoms with Crippen LogP contribution >= 0.6 is 0 Å². The maximum atomic E-state index is 5.45. The monoisotopic (exact) mass is 954 g/mol. The van der Waals surface area contributed by atoms with Crippen molar-refractivity contribution in [3.05, 3.63) is 252 Å². The Morgan fingerprint density at radius 1 is 0.351 bits per heavy atom. The molecule has 7 heterocycles. The van der Waals surface area contributed by atoms with E-state index in [1.54, 1.807) is 0 Å². The second-order valence-corrected chi connectivity index (χ2v) is 18.3. The largest absolute Gasteiger partial charge is 0.378 e. The summed E-state index contributed by atoms with van der Waals surface area (Å²) in [5, 5.41) is 0. The molecule has 354 valence electrons. The van der Waals surface area contributed by atoms with Crippen molar-refractivity contribution >= 4 is 93.4 Å². The van der Waals surface area contributed by atoms with Gasteiger partial charge in [-0.25, -0.2) is 9.97 Å². The molecular formula is C66H50N8. The minimum absolute atomic E-state index is 0.803. The van der Waals surface area contributed by atoms with Crippen LogP contribution in [0.15, 0.2) is 207 Å². The molecule has 0 atom stereocenters. The average molecular weight is 955 g/mol. The summed E-state index contributed by atoms with van der Waals surface area (Å²) in [6.45, 7) is 0. The highest BCUT2D eigenvalue weighted by molar-refractivity contribution is 5.98. The summed E-state index contributed by atoms with van der Waals surface area (Å²) >= 11 is 0. The van der Waals surface area contributed by atoms with E-state index in [2.05, 4.69) is 228 Å². The molecule has 8 bridgehead atoms. The smallest absolute Gasteiger partial charge is 0.0753 e. The first kappa shape index (κ1) is 45.2. The lowest BCUT2D eigenvalue weighted by Crippen LogP contribution is -2.09. The number of H-pyrrole nitrogens is 2. The third-order valence-electron chi connectivity index (χ3n) is 13.3. The van der Waals surface area contributed by atoms with E-state index < -0.39 is 0 Å². The van der Waals surface area contributed by atoms with Crippen molar-refractivity contribution in [2.75, 3.05) is 23.9 Å². The molecule has 8 heteroatoms. The van der Waals surface area contributed by atoms with Gasteiger partial charge in [0.15, 0.2) is 0 Å². The molecule has 0 saturated carbocycles. The van der Waals surface area contributed by atoms with E-state index >= 15 is 0 Å². The summed E-state index contributed by atoms with van der Waals surface area (Å²) in [7, 11) is 4.10. The number of nitrogens with zero attached hydrogens (tertiary/aromatic N) is 6. The normalized spacial score (nSPS) is 12.0. The molecule has 2 aliphatic heterocycles. The molecule has 74 heavy (non-hydrogen) atoms. The van der Waals surface area contributed by atoms with Crippen LogP contribution in [0.3, 0.4) is 0 Å². The van der Waals surface area contributed by atoms with Gasteiger partial charge in [0.2, 0.25) is 0 Å². The number of aromatic nitrogens is 6. The van der Waals surface area contributed by atoms with Crippen LogP contribution < -0.4 is 9.80 Å². The molecule has 12 rings (SSSR count). The van der Waals surface area contributed by atoms with Crippen molar-refractivity contribution in [1.82, 2.24) is 29.9 Å². The molecule has 5 aromatic carbocycles. The first-order valence-corrected chi connectivity index (χ1v) is 24.7. The van der Waals surface area contributed by atoms with Gasteiger partial charge in [-0.3, -0.25) is 9.97 Å². The number of hydrogen-bond donors (Lipinski definition) is 2. The van der Waals surface area contributed by atoms with Crippen molar-refractivity contribution in [2.24, 2.45) is 0 Å². The van der Waals surface area contributed by atoms with Crippen LogP contribution in [0, 0.1) is 0 Å². The molecule has 0 unspecified atom stereocenters. The predicted molar refractivity (Wildman–Crippen MR) is 311 cm³/mol. The third-order valence-corrected chi connectivity index (χ3v) is 13.3. The molecule has 8 nitrogen and oxygen atoms in total. The van der Waals surface area contributed by atoms with Gasteiger partial charge in [-0.15, -0.1) is 0 Å². The first-order valence-electron chi connectivity index (χ1n) is 24.7. The second-order valence-electron chi connectivity index (χ2n) is 18.3. The number of para-hydroxylation sites is 2. The number of rotatable bonds is 11. The van der Waals surface area contributed by atoms with E-state index in [-0.39, 0.29) is 0 Å². The third kappa shape index (κ3) is 9.27. The highest BCUT2D eigenvalue weighted by Crippen LogP contribution is 2.38. The lowest BCUT2D eigenvalue weighted by Gasteiger charge is -2.25.